The van der Waals surface area contributed by atoms with E-state index < -0.39 is 0 Å². The van der Waals surface area contributed by atoms with Crippen LogP contribution >= 0.6 is 24.2 Å². The summed E-state index contributed by atoms with van der Waals surface area (Å²) in [7, 11) is 0. The van der Waals surface area contributed by atoms with Gasteiger partial charge in [0.25, 0.3) is 0 Å². The maximum atomic E-state index is 5.97. The van der Waals surface area contributed by atoms with E-state index in [2.05, 4.69) is 21.3 Å². The first-order valence-electron chi connectivity index (χ1n) is 5.72. The molecule has 0 aliphatic carbocycles. The Morgan fingerprint density at radius 2 is 2.31 bits per heavy atom. The van der Waals surface area contributed by atoms with Crippen molar-refractivity contribution in [2.45, 2.75) is 37.8 Å². The third-order valence-electron chi connectivity index (χ3n) is 3.46. The molecule has 0 spiro atoms. The van der Waals surface area contributed by atoms with Gasteiger partial charge in [-0.15, -0.1) is 12.4 Å². The highest BCUT2D eigenvalue weighted by Crippen LogP contribution is 2.33. The minimum atomic E-state index is 0. The van der Waals surface area contributed by atoms with Crippen LogP contribution < -0.4 is 5.73 Å². The molecule has 2 aliphatic heterocycles. The highest BCUT2D eigenvalue weighted by atomic mass is 35.5. The number of fused-ring (bicyclic) bond motifs is 1. The Morgan fingerprint density at radius 1 is 1.44 bits per heavy atom. The molecule has 0 bridgehead atoms. The lowest BCUT2D eigenvalue weighted by molar-refractivity contribution is 0.452. The quantitative estimate of drug-likeness (QED) is 0.837. The molecule has 1 saturated heterocycles. The number of halogens is 1. The molecule has 2 aliphatic rings. The number of nitrogens with two attached hydrogens (primary N) is 1. The van der Waals surface area contributed by atoms with Crippen LogP contribution in [0.15, 0.2) is 6.20 Å². The van der Waals surface area contributed by atoms with E-state index in [0.717, 1.165) is 19.4 Å². The molecule has 16 heavy (non-hydrogen) atoms. The van der Waals surface area contributed by atoms with Gasteiger partial charge in [0, 0.05) is 42.6 Å². The fourth-order valence-electron chi connectivity index (χ4n) is 2.58. The summed E-state index contributed by atoms with van der Waals surface area (Å²) in [5.74, 6) is 4.56. The van der Waals surface area contributed by atoms with Gasteiger partial charge in [-0.25, -0.2) is 4.98 Å². The largest absolute Gasteiger partial charge is 0.332 e. The number of aromatic nitrogens is 2. The van der Waals surface area contributed by atoms with E-state index in [1.165, 1.54) is 29.4 Å². The van der Waals surface area contributed by atoms with Crippen molar-refractivity contribution in [3.05, 3.63) is 17.7 Å². The zero-order chi connectivity index (χ0) is 10.3. The zero-order valence-electron chi connectivity index (χ0n) is 9.26. The fraction of sp³-hybridized carbons (Fsp3) is 0.727. The molecule has 1 aromatic heterocycles. The summed E-state index contributed by atoms with van der Waals surface area (Å²) in [5, 5.41) is 0. The third kappa shape index (κ3) is 2.11. The maximum absolute atomic E-state index is 5.97. The van der Waals surface area contributed by atoms with E-state index in [-0.39, 0.29) is 12.4 Å². The Bertz CT molecular complexity index is 360. The molecular weight excluding hydrogens is 242 g/mol. The molecule has 3 heterocycles. The number of nitrogens with zero attached hydrogens (tertiary/aromatic N) is 2. The number of imidazole rings is 1. The van der Waals surface area contributed by atoms with Crippen LogP contribution in [-0.2, 0) is 13.0 Å². The van der Waals surface area contributed by atoms with Crippen LogP contribution in [0, 0.1) is 0 Å². The first-order valence-corrected chi connectivity index (χ1v) is 6.87. The second kappa shape index (κ2) is 4.98. The van der Waals surface area contributed by atoms with Gasteiger partial charge in [-0.1, -0.05) is 0 Å². The van der Waals surface area contributed by atoms with Gasteiger partial charge >= 0.3 is 0 Å². The highest BCUT2D eigenvalue weighted by Gasteiger charge is 2.26. The van der Waals surface area contributed by atoms with Crippen molar-refractivity contribution < 1.29 is 0 Å². The predicted molar refractivity (Wildman–Crippen MR) is 70.5 cm³/mol. The minimum Gasteiger partial charge on any atom is -0.332 e. The molecule has 0 amide bonds. The molecule has 1 aromatic rings. The number of hydrogen-bond donors (Lipinski definition) is 1. The van der Waals surface area contributed by atoms with Crippen molar-refractivity contribution in [2.24, 2.45) is 5.73 Å². The van der Waals surface area contributed by atoms with Gasteiger partial charge in [0.2, 0.25) is 0 Å². The van der Waals surface area contributed by atoms with Gasteiger partial charge in [0.05, 0.1) is 0 Å². The van der Waals surface area contributed by atoms with E-state index in [9.17, 15) is 0 Å². The van der Waals surface area contributed by atoms with E-state index >= 15 is 0 Å². The van der Waals surface area contributed by atoms with Crippen LogP contribution in [0.4, 0.5) is 0 Å². The van der Waals surface area contributed by atoms with Gasteiger partial charge in [0.15, 0.2) is 0 Å². The fourth-order valence-corrected chi connectivity index (χ4v) is 3.80. The normalized spacial score (nSPS) is 28.6. The Morgan fingerprint density at radius 3 is 3.06 bits per heavy atom. The monoisotopic (exact) mass is 259 g/mol. The molecule has 2 atom stereocenters. The van der Waals surface area contributed by atoms with Gasteiger partial charge in [-0.2, -0.15) is 11.8 Å². The molecule has 3 nitrogen and oxygen atoms in total. The summed E-state index contributed by atoms with van der Waals surface area (Å²) < 4.78 is 2.42. The average Bonchev–Trinajstić information content (AvgIpc) is 2.82. The van der Waals surface area contributed by atoms with E-state index in [0.29, 0.717) is 12.0 Å². The predicted octanol–water partition coefficient (Wildman–Crippen LogP) is 1.80. The van der Waals surface area contributed by atoms with E-state index in [1.54, 1.807) is 0 Å². The van der Waals surface area contributed by atoms with Crippen molar-refractivity contribution in [3.63, 3.8) is 0 Å². The summed E-state index contributed by atoms with van der Waals surface area (Å²) in [5.41, 5.74) is 7.31. The van der Waals surface area contributed by atoms with Crippen molar-refractivity contribution >= 4 is 24.2 Å². The molecule has 2 N–H and O–H groups in total. The molecule has 3 rings (SSSR count). The van der Waals surface area contributed by atoms with Crippen LogP contribution in [0.1, 0.15) is 30.3 Å². The SMILES string of the molecule is Cl.NC1CCn2c(cnc2C2CCSC2)C1. The summed E-state index contributed by atoms with van der Waals surface area (Å²) in [4.78, 5) is 4.61. The summed E-state index contributed by atoms with van der Waals surface area (Å²) in [6.07, 6.45) is 5.45. The summed E-state index contributed by atoms with van der Waals surface area (Å²) in [6, 6.07) is 0.347. The Labute approximate surface area is 107 Å². The second-order valence-corrected chi connectivity index (χ2v) is 5.72. The van der Waals surface area contributed by atoms with E-state index in [1.807, 2.05) is 6.20 Å². The van der Waals surface area contributed by atoms with Crippen LogP contribution in [0.2, 0.25) is 0 Å². The Balaban J connectivity index is 0.000000963. The van der Waals surface area contributed by atoms with Crippen molar-refractivity contribution in [3.8, 4) is 0 Å². The lowest BCUT2D eigenvalue weighted by Gasteiger charge is -2.23. The standard InChI is InChI=1S/C11H17N3S.ClH/c12-9-1-3-14-10(5-9)6-13-11(14)8-2-4-15-7-8;/h6,8-9H,1-5,7,12H2;1H. The van der Waals surface area contributed by atoms with Crippen LogP contribution in [0.5, 0.6) is 0 Å². The lowest BCUT2D eigenvalue weighted by atomic mass is 10.0. The van der Waals surface area contributed by atoms with Gasteiger partial charge < -0.3 is 10.3 Å². The lowest BCUT2D eigenvalue weighted by Crippen LogP contribution is -2.31. The number of thioether (sulfide) groups is 1. The molecule has 5 heteroatoms. The molecule has 0 aromatic carbocycles. The third-order valence-corrected chi connectivity index (χ3v) is 4.62. The number of hydrogen-bond acceptors (Lipinski definition) is 3. The second-order valence-electron chi connectivity index (χ2n) is 4.57. The zero-order valence-corrected chi connectivity index (χ0v) is 10.9. The Kier molecular flexibility index (Phi) is 3.82. The molecular formula is C11H18ClN3S. The number of rotatable bonds is 1. The maximum Gasteiger partial charge on any atom is 0.112 e. The summed E-state index contributed by atoms with van der Waals surface area (Å²) >= 11 is 2.05. The topological polar surface area (TPSA) is 43.8 Å². The first-order chi connectivity index (χ1) is 7.34. The molecule has 90 valence electrons. The minimum absolute atomic E-state index is 0. The van der Waals surface area contributed by atoms with Gasteiger partial charge in [-0.3, -0.25) is 0 Å². The molecule has 2 unspecified atom stereocenters. The van der Waals surface area contributed by atoms with Gasteiger partial charge in [-0.05, 0) is 18.6 Å². The summed E-state index contributed by atoms with van der Waals surface area (Å²) in [6.45, 7) is 1.08. The van der Waals surface area contributed by atoms with Crippen LogP contribution in [-0.4, -0.2) is 27.1 Å². The molecule has 0 radical (unpaired) electrons. The Hall–Kier alpha value is -0.190. The van der Waals surface area contributed by atoms with Crippen molar-refractivity contribution in [1.29, 1.82) is 0 Å². The average molecular weight is 260 g/mol. The van der Waals surface area contributed by atoms with Gasteiger partial charge in [0.1, 0.15) is 5.82 Å². The molecule has 1 fully saturated rings. The van der Waals surface area contributed by atoms with Crippen molar-refractivity contribution in [2.75, 3.05) is 11.5 Å². The first kappa shape index (κ1) is 12.3. The van der Waals surface area contributed by atoms with Crippen molar-refractivity contribution in [1.82, 2.24) is 9.55 Å². The highest BCUT2D eigenvalue weighted by molar-refractivity contribution is 7.99. The van der Waals surface area contributed by atoms with Crippen LogP contribution in [0.3, 0.4) is 0 Å². The van der Waals surface area contributed by atoms with E-state index in [4.69, 9.17) is 5.73 Å². The van der Waals surface area contributed by atoms with Crippen LogP contribution in [0.25, 0.3) is 0 Å². The molecule has 0 saturated carbocycles. The smallest absolute Gasteiger partial charge is 0.112 e.